The van der Waals surface area contributed by atoms with Gasteiger partial charge in [-0.2, -0.15) is 0 Å². The molecule has 138 valence electrons. The molecule has 2 N–H and O–H groups in total. The Bertz CT molecular complexity index is 764. The summed E-state index contributed by atoms with van der Waals surface area (Å²) in [6, 6.07) is 6.19. The Morgan fingerprint density at radius 3 is 2.19 bits per heavy atom. The van der Waals surface area contributed by atoms with Gasteiger partial charge in [-0.25, -0.2) is 9.78 Å². The van der Waals surface area contributed by atoms with Crippen molar-refractivity contribution in [3.8, 4) is 17.2 Å². The van der Waals surface area contributed by atoms with Gasteiger partial charge in [0.2, 0.25) is 0 Å². The van der Waals surface area contributed by atoms with Crippen molar-refractivity contribution in [2.75, 3.05) is 27.9 Å². The third-order valence-electron chi connectivity index (χ3n) is 3.72. The minimum atomic E-state index is -1.14. The summed E-state index contributed by atoms with van der Waals surface area (Å²) >= 11 is 0. The van der Waals surface area contributed by atoms with Gasteiger partial charge in [0.25, 0.3) is 5.91 Å². The van der Waals surface area contributed by atoms with Crippen LogP contribution in [-0.2, 0) is 6.42 Å². The number of benzene rings is 1. The lowest BCUT2D eigenvalue weighted by Gasteiger charge is -2.15. The molecule has 1 aromatic heterocycles. The van der Waals surface area contributed by atoms with Crippen molar-refractivity contribution < 1.29 is 28.9 Å². The smallest absolute Gasteiger partial charge is 0.354 e. The summed E-state index contributed by atoms with van der Waals surface area (Å²) in [5.41, 5.74) is 0.966. The molecule has 0 aliphatic rings. The largest absolute Gasteiger partial charge is 0.496 e. The van der Waals surface area contributed by atoms with E-state index in [2.05, 4.69) is 10.3 Å². The topological polar surface area (TPSA) is 107 Å². The van der Waals surface area contributed by atoms with Crippen LogP contribution in [0.1, 0.15) is 26.4 Å². The first-order valence-corrected chi connectivity index (χ1v) is 7.76. The molecule has 0 aliphatic heterocycles. The molecule has 2 rings (SSSR count). The summed E-state index contributed by atoms with van der Waals surface area (Å²) in [5.74, 6) is 0.318. The molecule has 0 saturated heterocycles. The van der Waals surface area contributed by atoms with Gasteiger partial charge < -0.3 is 24.6 Å². The van der Waals surface area contributed by atoms with Gasteiger partial charge in [0.05, 0.1) is 26.9 Å². The summed E-state index contributed by atoms with van der Waals surface area (Å²) in [4.78, 5) is 26.7. The number of nitrogens with one attached hydrogen (secondary N) is 1. The van der Waals surface area contributed by atoms with E-state index in [1.807, 2.05) is 0 Å². The van der Waals surface area contributed by atoms with Gasteiger partial charge in [-0.05, 0) is 18.6 Å². The van der Waals surface area contributed by atoms with E-state index in [1.165, 1.54) is 18.3 Å². The fourth-order valence-corrected chi connectivity index (χ4v) is 2.38. The van der Waals surface area contributed by atoms with Crippen molar-refractivity contribution in [2.24, 2.45) is 0 Å². The number of rotatable bonds is 8. The maximum absolute atomic E-state index is 12.1. The zero-order valence-corrected chi connectivity index (χ0v) is 14.7. The fourth-order valence-electron chi connectivity index (χ4n) is 2.38. The summed E-state index contributed by atoms with van der Waals surface area (Å²) in [6.45, 7) is 0.332. The van der Waals surface area contributed by atoms with Crippen molar-refractivity contribution >= 4 is 11.9 Å². The Hall–Kier alpha value is -3.29. The molecule has 0 spiro atoms. The highest BCUT2D eigenvalue weighted by Gasteiger charge is 2.14. The number of hydrogen-bond acceptors (Lipinski definition) is 6. The second-order valence-electron chi connectivity index (χ2n) is 5.25. The average Bonchev–Trinajstić information content (AvgIpc) is 2.67. The zero-order chi connectivity index (χ0) is 19.1. The molecule has 8 nitrogen and oxygen atoms in total. The van der Waals surface area contributed by atoms with Gasteiger partial charge in [0, 0.05) is 30.4 Å². The van der Waals surface area contributed by atoms with E-state index in [4.69, 9.17) is 19.3 Å². The zero-order valence-electron chi connectivity index (χ0n) is 14.7. The third-order valence-corrected chi connectivity index (χ3v) is 3.72. The standard InChI is InChI=1S/C18H20N2O6/c1-24-12-8-15(25-2)13(16(9-12)26-3)6-7-19-17(21)11-4-5-14(18(22)23)20-10-11/h4-5,8-10H,6-7H2,1-3H3,(H,19,21)(H,22,23). The lowest BCUT2D eigenvalue weighted by molar-refractivity contribution is 0.0689. The number of carboxylic acid groups (broad SMARTS) is 1. The van der Waals surface area contributed by atoms with Gasteiger partial charge in [-0.15, -0.1) is 0 Å². The maximum atomic E-state index is 12.1. The van der Waals surface area contributed by atoms with Crippen LogP contribution in [0, 0.1) is 0 Å². The molecule has 0 bridgehead atoms. The minimum Gasteiger partial charge on any atom is -0.496 e. The number of amides is 1. The van der Waals surface area contributed by atoms with Crippen LogP contribution >= 0.6 is 0 Å². The molecular weight excluding hydrogens is 340 g/mol. The number of pyridine rings is 1. The highest BCUT2D eigenvalue weighted by molar-refractivity contribution is 5.94. The highest BCUT2D eigenvalue weighted by atomic mass is 16.5. The van der Waals surface area contributed by atoms with E-state index in [9.17, 15) is 9.59 Å². The van der Waals surface area contributed by atoms with Crippen LogP contribution in [0.15, 0.2) is 30.5 Å². The van der Waals surface area contributed by atoms with E-state index in [0.29, 0.717) is 30.2 Å². The number of carboxylic acids is 1. The van der Waals surface area contributed by atoms with Crippen molar-refractivity contribution in [3.05, 3.63) is 47.3 Å². The van der Waals surface area contributed by atoms with Crippen LogP contribution < -0.4 is 19.5 Å². The number of carbonyl (C=O) groups excluding carboxylic acids is 1. The Kier molecular flexibility index (Phi) is 6.37. The minimum absolute atomic E-state index is 0.116. The summed E-state index contributed by atoms with van der Waals surface area (Å²) in [7, 11) is 4.65. The molecule has 8 heteroatoms. The van der Waals surface area contributed by atoms with Gasteiger partial charge >= 0.3 is 5.97 Å². The van der Waals surface area contributed by atoms with E-state index >= 15 is 0 Å². The molecular formula is C18H20N2O6. The number of aromatic carboxylic acids is 1. The Labute approximate surface area is 150 Å². The van der Waals surface area contributed by atoms with Crippen molar-refractivity contribution in [3.63, 3.8) is 0 Å². The van der Waals surface area contributed by atoms with E-state index in [-0.39, 0.29) is 17.2 Å². The van der Waals surface area contributed by atoms with E-state index < -0.39 is 5.97 Å². The third kappa shape index (κ3) is 4.41. The molecule has 0 atom stereocenters. The first-order chi connectivity index (χ1) is 12.5. The van der Waals surface area contributed by atoms with Crippen LogP contribution in [0.4, 0.5) is 0 Å². The monoisotopic (exact) mass is 360 g/mol. The molecule has 0 fully saturated rings. The lowest BCUT2D eigenvalue weighted by Crippen LogP contribution is -2.26. The molecule has 0 aliphatic carbocycles. The molecule has 26 heavy (non-hydrogen) atoms. The summed E-state index contributed by atoms with van der Waals surface area (Å²) < 4.78 is 15.9. The number of carbonyl (C=O) groups is 2. The van der Waals surface area contributed by atoms with Crippen molar-refractivity contribution in [1.29, 1.82) is 0 Å². The molecule has 0 radical (unpaired) electrons. The number of aromatic nitrogens is 1. The first kappa shape index (κ1) is 19.0. The van der Waals surface area contributed by atoms with Gasteiger partial charge in [-0.1, -0.05) is 0 Å². The second kappa shape index (κ2) is 8.70. The first-order valence-electron chi connectivity index (χ1n) is 7.76. The fraction of sp³-hybridized carbons (Fsp3) is 0.278. The number of methoxy groups -OCH3 is 3. The van der Waals surface area contributed by atoms with Crippen LogP contribution in [0.5, 0.6) is 17.2 Å². The predicted octanol–water partition coefficient (Wildman–Crippen LogP) is 1.78. The van der Waals surface area contributed by atoms with Gasteiger partial charge in [0.15, 0.2) is 0 Å². The number of hydrogen-bond donors (Lipinski definition) is 2. The lowest BCUT2D eigenvalue weighted by atomic mass is 10.1. The normalized spacial score (nSPS) is 10.1. The average molecular weight is 360 g/mol. The van der Waals surface area contributed by atoms with Crippen LogP contribution in [0.2, 0.25) is 0 Å². The second-order valence-corrected chi connectivity index (χ2v) is 5.25. The summed E-state index contributed by atoms with van der Waals surface area (Å²) in [6.07, 6.45) is 1.70. The SMILES string of the molecule is COc1cc(OC)c(CCNC(=O)c2ccc(C(=O)O)nc2)c(OC)c1. The Balaban J connectivity index is 2.04. The van der Waals surface area contributed by atoms with E-state index in [1.54, 1.807) is 33.5 Å². The molecule has 0 unspecified atom stereocenters. The van der Waals surface area contributed by atoms with Crippen LogP contribution in [-0.4, -0.2) is 49.8 Å². The molecule has 1 amide bonds. The number of ether oxygens (including phenoxy) is 3. The molecule has 0 saturated carbocycles. The highest BCUT2D eigenvalue weighted by Crippen LogP contribution is 2.34. The molecule has 1 heterocycles. The maximum Gasteiger partial charge on any atom is 0.354 e. The Morgan fingerprint density at radius 2 is 1.73 bits per heavy atom. The van der Waals surface area contributed by atoms with Gasteiger partial charge in [0.1, 0.15) is 22.9 Å². The molecule has 1 aromatic carbocycles. The quantitative estimate of drug-likeness (QED) is 0.739. The summed E-state index contributed by atoms with van der Waals surface area (Å²) in [5, 5.41) is 11.6. The van der Waals surface area contributed by atoms with E-state index in [0.717, 1.165) is 5.56 Å². The molecule has 2 aromatic rings. The van der Waals surface area contributed by atoms with Crippen molar-refractivity contribution in [1.82, 2.24) is 10.3 Å². The van der Waals surface area contributed by atoms with Crippen LogP contribution in [0.25, 0.3) is 0 Å². The predicted molar refractivity (Wildman–Crippen MR) is 93.3 cm³/mol. The Morgan fingerprint density at radius 1 is 1.08 bits per heavy atom. The van der Waals surface area contributed by atoms with Crippen LogP contribution in [0.3, 0.4) is 0 Å². The van der Waals surface area contributed by atoms with Crippen molar-refractivity contribution in [2.45, 2.75) is 6.42 Å². The van der Waals surface area contributed by atoms with Gasteiger partial charge in [-0.3, -0.25) is 4.79 Å². The number of nitrogens with zero attached hydrogens (tertiary/aromatic N) is 1.